The average molecular weight is 430 g/mol. The predicted molar refractivity (Wildman–Crippen MR) is 105 cm³/mol. The van der Waals surface area contributed by atoms with E-state index in [-0.39, 0.29) is 24.0 Å². The Balaban J connectivity index is 0.00000242. The van der Waals surface area contributed by atoms with Crippen LogP contribution in [-0.2, 0) is 13.0 Å². The first-order chi connectivity index (χ1) is 10.2. The van der Waals surface area contributed by atoms with Crippen molar-refractivity contribution < 1.29 is 0 Å². The van der Waals surface area contributed by atoms with Gasteiger partial charge in [-0.25, -0.2) is 4.98 Å². The van der Waals surface area contributed by atoms with E-state index in [1.165, 1.54) is 16.0 Å². The molecule has 0 bridgehead atoms. The van der Waals surface area contributed by atoms with E-state index in [1.807, 2.05) is 6.20 Å². The van der Waals surface area contributed by atoms with Crippen LogP contribution in [0.5, 0.6) is 0 Å². The van der Waals surface area contributed by atoms with Gasteiger partial charge in [-0.05, 0) is 25.0 Å². The van der Waals surface area contributed by atoms with Crippen LogP contribution in [0.25, 0.3) is 0 Å². The highest BCUT2D eigenvalue weighted by Crippen LogP contribution is 2.11. The van der Waals surface area contributed by atoms with Gasteiger partial charge in [0.25, 0.3) is 0 Å². The number of guanidine groups is 1. The summed E-state index contributed by atoms with van der Waals surface area (Å²) >= 11 is 1.75. The summed E-state index contributed by atoms with van der Waals surface area (Å²) in [5.74, 6) is 0.825. The van der Waals surface area contributed by atoms with Gasteiger partial charge < -0.3 is 10.6 Å². The molecule has 1 aromatic carbocycles. The third-order valence-electron chi connectivity index (χ3n) is 3.23. The molecule has 22 heavy (non-hydrogen) atoms. The average Bonchev–Trinajstić information content (AvgIpc) is 2.90. The molecule has 0 aliphatic rings. The highest BCUT2D eigenvalue weighted by Gasteiger charge is 2.02. The van der Waals surface area contributed by atoms with Gasteiger partial charge in [0.1, 0.15) is 0 Å². The largest absolute Gasteiger partial charge is 0.356 e. The molecular formula is C16H23IN4S. The van der Waals surface area contributed by atoms with Crippen LogP contribution in [0.4, 0.5) is 0 Å². The molecule has 2 N–H and O–H groups in total. The summed E-state index contributed by atoms with van der Waals surface area (Å²) in [6.07, 6.45) is 2.84. The normalized spacial score (nSPS) is 11.0. The Morgan fingerprint density at radius 2 is 2.00 bits per heavy atom. The van der Waals surface area contributed by atoms with Crippen LogP contribution in [0.1, 0.15) is 21.0 Å². The molecule has 0 aliphatic heterocycles. The molecule has 0 saturated heterocycles. The Morgan fingerprint density at radius 3 is 2.64 bits per heavy atom. The summed E-state index contributed by atoms with van der Waals surface area (Å²) in [6.45, 7) is 5.82. The second-order valence-corrected chi connectivity index (χ2v) is 6.21. The molecular weight excluding hydrogens is 407 g/mol. The molecule has 0 fully saturated rings. The monoisotopic (exact) mass is 430 g/mol. The summed E-state index contributed by atoms with van der Waals surface area (Å²) in [5.41, 5.74) is 2.58. The van der Waals surface area contributed by atoms with Crippen LogP contribution in [-0.4, -0.2) is 24.5 Å². The first-order valence-corrected chi connectivity index (χ1v) is 7.91. The molecule has 0 spiro atoms. The van der Waals surface area contributed by atoms with E-state index in [0.29, 0.717) is 0 Å². The molecule has 6 heteroatoms. The maximum Gasteiger partial charge on any atom is 0.191 e. The molecule has 0 aliphatic carbocycles. The molecule has 0 saturated carbocycles. The molecule has 1 aromatic heterocycles. The fourth-order valence-electron chi connectivity index (χ4n) is 2.01. The fraction of sp³-hybridized carbons (Fsp3) is 0.375. The van der Waals surface area contributed by atoms with E-state index in [2.05, 4.69) is 58.7 Å². The molecule has 0 amide bonds. The topological polar surface area (TPSA) is 49.3 Å². The summed E-state index contributed by atoms with van der Waals surface area (Å²) in [6, 6.07) is 8.37. The van der Waals surface area contributed by atoms with E-state index >= 15 is 0 Å². The van der Waals surface area contributed by atoms with Gasteiger partial charge in [-0.15, -0.1) is 35.3 Å². The molecule has 4 nitrogen and oxygen atoms in total. The third kappa shape index (κ3) is 5.92. The zero-order valence-electron chi connectivity index (χ0n) is 13.2. The Bertz CT molecular complexity index is 610. The van der Waals surface area contributed by atoms with Gasteiger partial charge in [-0.2, -0.15) is 0 Å². The number of halogens is 1. The Morgan fingerprint density at radius 1 is 1.23 bits per heavy atom. The SMILES string of the molecule is CN=C(NCCc1ncc(C)s1)NCc1ccccc1C.I. The van der Waals surface area contributed by atoms with Gasteiger partial charge in [0.15, 0.2) is 5.96 Å². The highest BCUT2D eigenvalue weighted by atomic mass is 127. The molecule has 2 rings (SSSR count). The molecule has 0 unspecified atom stereocenters. The van der Waals surface area contributed by atoms with Crippen molar-refractivity contribution >= 4 is 41.3 Å². The van der Waals surface area contributed by atoms with E-state index in [1.54, 1.807) is 18.4 Å². The predicted octanol–water partition coefficient (Wildman–Crippen LogP) is 3.29. The van der Waals surface area contributed by atoms with Gasteiger partial charge in [-0.1, -0.05) is 24.3 Å². The van der Waals surface area contributed by atoms with Crippen LogP contribution in [0.15, 0.2) is 35.5 Å². The van der Waals surface area contributed by atoms with Gasteiger partial charge in [0.2, 0.25) is 0 Å². The van der Waals surface area contributed by atoms with Crippen molar-refractivity contribution in [1.82, 2.24) is 15.6 Å². The van der Waals surface area contributed by atoms with Crippen molar-refractivity contribution in [3.63, 3.8) is 0 Å². The maximum absolute atomic E-state index is 4.36. The van der Waals surface area contributed by atoms with Gasteiger partial charge in [0, 0.05) is 37.6 Å². The number of hydrogen-bond acceptors (Lipinski definition) is 3. The number of aryl methyl sites for hydroxylation is 2. The summed E-state index contributed by atoms with van der Waals surface area (Å²) < 4.78 is 0. The number of aliphatic imine (C=N–C) groups is 1. The van der Waals surface area contributed by atoms with E-state index in [4.69, 9.17) is 0 Å². The Labute approximate surface area is 153 Å². The molecule has 2 aromatic rings. The number of nitrogens with zero attached hydrogens (tertiary/aromatic N) is 2. The quantitative estimate of drug-likeness (QED) is 0.435. The van der Waals surface area contributed by atoms with Crippen LogP contribution in [0.3, 0.4) is 0 Å². The minimum atomic E-state index is 0. The highest BCUT2D eigenvalue weighted by molar-refractivity contribution is 14.0. The third-order valence-corrected chi connectivity index (χ3v) is 4.20. The second-order valence-electron chi connectivity index (χ2n) is 4.89. The second kappa shape index (κ2) is 9.78. The zero-order chi connectivity index (χ0) is 15.1. The van der Waals surface area contributed by atoms with Crippen molar-refractivity contribution in [2.45, 2.75) is 26.8 Å². The minimum absolute atomic E-state index is 0. The number of thiazole rings is 1. The standard InChI is InChI=1S/C16H22N4S.HI/c1-12-6-4-5-7-14(12)11-20-16(17-3)18-9-8-15-19-10-13(2)21-15;/h4-7,10H,8-9,11H2,1-3H3,(H2,17,18,20);1H. The number of benzene rings is 1. The molecule has 120 valence electrons. The van der Waals surface area contributed by atoms with Gasteiger partial charge in [0.05, 0.1) is 5.01 Å². The fourth-order valence-corrected chi connectivity index (χ4v) is 2.80. The number of aromatic nitrogens is 1. The summed E-state index contributed by atoms with van der Waals surface area (Å²) in [5, 5.41) is 7.82. The van der Waals surface area contributed by atoms with E-state index in [9.17, 15) is 0 Å². The van der Waals surface area contributed by atoms with Crippen molar-refractivity contribution in [2.75, 3.05) is 13.6 Å². The lowest BCUT2D eigenvalue weighted by atomic mass is 10.1. The number of rotatable bonds is 5. The van der Waals surface area contributed by atoms with E-state index in [0.717, 1.165) is 30.5 Å². The lowest BCUT2D eigenvalue weighted by Gasteiger charge is -2.12. The van der Waals surface area contributed by atoms with Crippen molar-refractivity contribution in [1.29, 1.82) is 0 Å². The number of nitrogens with one attached hydrogen (secondary N) is 2. The number of hydrogen-bond donors (Lipinski definition) is 2. The van der Waals surface area contributed by atoms with Gasteiger partial charge in [-0.3, -0.25) is 4.99 Å². The molecule has 0 atom stereocenters. The minimum Gasteiger partial charge on any atom is -0.356 e. The van der Waals surface area contributed by atoms with Crippen molar-refractivity contribution in [3.05, 3.63) is 51.5 Å². The van der Waals surface area contributed by atoms with Crippen molar-refractivity contribution in [2.24, 2.45) is 4.99 Å². The smallest absolute Gasteiger partial charge is 0.191 e. The van der Waals surface area contributed by atoms with Gasteiger partial charge >= 0.3 is 0 Å². The van der Waals surface area contributed by atoms with Crippen LogP contribution in [0, 0.1) is 13.8 Å². The Kier molecular flexibility index (Phi) is 8.40. The zero-order valence-corrected chi connectivity index (χ0v) is 16.4. The molecule has 1 heterocycles. The Hall–Kier alpha value is -1.15. The van der Waals surface area contributed by atoms with E-state index < -0.39 is 0 Å². The maximum atomic E-state index is 4.36. The van der Waals surface area contributed by atoms with Crippen LogP contribution < -0.4 is 10.6 Å². The summed E-state index contributed by atoms with van der Waals surface area (Å²) in [7, 11) is 1.79. The van der Waals surface area contributed by atoms with Crippen LogP contribution >= 0.6 is 35.3 Å². The first kappa shape index (κ1) is 18.9. The summed E-state index contributed by atoms with van der Waals surface area (Å²) in [4.78, 5) is 9.86. The van der Waals surface area contributed by atoms with Crippen molar-refractivity contribution in [3.8, 4) is 0 Å². The van der Waals surface area contributed by atoms with Crippen LogP contribution in [0.2, 0.25) is 0 Å². The lowest BCUT2D eigenvalue weighted by Crippen LogP contribution is -2.37. The first-order valence-electron chi connectivity index (χ1n) is 7.09. The molecule has 0 radical (unpaired) electrons. The lowest BCUT2D eigenvalue weighted by molar-refractivity contribution is 0.790.